The zero-order valence-electron chi connectivity index (χ0n) is 12.7. The highest BCUT2D eigenvalue weighted by molar-refractivity contribution is 9.10. The van der Waals surface area contributed by atoms with E-state index >= 15 is 0 Å². The molecule has 4 nitrogen and oxygen atoms in total. The van der Waals surface area contributed by atoms with E-state index in [1.54, 1.807) is 6.92 Å². The summed E-state index contributed by atoms with van der Waals surface area (Å²) in [6.07, 6.45) is 1.43. The van der Waals surface area contributed by atoms with Crippen molar-refractivity contribution in [2.24, 2.45) is 5.73 Å². The lowest BCUT2D eigenvalue weighted by Crippen LogP contribution is -2.53. The van der Waals surface area contributed by atoms with Crippen molar-refractivity contribution in [3.8, 4) is 5.75 Å². The van der Waals surface area contributed by atoms with Crippen molar-refractivity contribution in [1.82, 2.24) is 5.32 Å². The number of carbonyl (C=O) groups is 1. The van der Waals surface area contributed by atoms with Crippen molar-refractivity contribution in [3.63, 3.8) is 0 Å². The van der Waals surface area contributed by atoms with E-state index in [9.17, 15) is 4.79 Å². The lowest BCUT2D eigenvalue weighted by Gasteiger charge is -2.24. The molecule has 0 heterocycles. The second-order valence-corrected chi connectivity index (χ2v) is 6.18. The molecule has 1 aromatic carbocycles. The molecular formula is C15H24BrClN2O2. The fourth-order valence-corrected chi connectivity index (χ4v) is 2.26. The van der Waals surface area contributed by atoms with Crippen molar-refractivity contribution in [2.75, 3.05) is 6.54 Å². The van der Waals surface area contributed by atoms with Crippen LogP contribution in [0.2, 0.25) is 0 Å². The van der Waals surface area contributed by atoms with E-state index in [0.29, 0.717) is 13.0 Å². The van der Waals surface area contributed by atoms with Gasteiger partial charge < -0.3 is 15.8 Å². The second kappa shape index (κ2) is 9.28. The van der Waals surface area contributed by atoms with Crippen LogP contribution in [0.25, 0.3) is 0 Å². The Labute approximate surface area is 141 Å². The molecule has 2 atom stereocenters. The molecule has 1 rings (SSSR count). The van der Waals surface area contributed by atoms with E-state index in [0.717, 1.165) is 16.6 Å². The number of benzene rings is 1. The van der Waals surface area contributed by atoms with E-state index in [1.165, 1.54) is 0 Å². The lowest BCUT2D eigenvalue weighted by molar-refractivity contribution is -0.126. The van der Waals surface area contributed by atoms with Crippen molar-refractivity contribution in [1.29, 1.82) is 0 Å². The highest BCUT2D eigenvalue weighted by Gasteiger charge is 2.27. The van der Waals surface area contributed by atoms with Crippen molar-refractivity contribution in [2.45, 2.75) is 45.3 Å². The minimum Gasteiger partial charge on any atom is -0.489 e. The molecule has 0 aliphatic carbocycles. The Hall–Kier alpha value is -0.780. The monoisotopic (exact) mass is 378 g/mol. The van der Waals surface area contributed by atoms with Crippen LogP contribution >= 0.6 is 28.3 Å². The molecule has 0 bridgehead atoms. The minimum atomic E-state index is -0.815. The molecule has 0 aliphatic heterocycles. The summed E-state index contributed by atoms with van der Waals surface area (Å²) in [5.74, 6) is 0.634. The number of rotatable bonds is 7. The minimum absolute atomic E-state index is 0. The third-order valence-electron chi connectivity index (χ3n) is 2.97. The standard InChI is InChI=1S/C15H23BrN2O2.ClH/c1-4-8-15(3,17)14(19)18-10-11(2)20-13-7-5-6-12(16)9-13;/h5-7,9,11H,4,8,10,17H2,1-3H3,(H,18,19);1H. The van der Waals surface area contributed by atoms with Crippen LogP contribution in [0.3, 0.4) is 0 Å². The molecule has 0 saturated carbocycles. The number of hydrogen-bond acceptors (Lipinski definition) is 3. The Morgan fingerprint density at radius 2 is 2.19 bits per heavy atom. The third-order valence-corrected chi connectivity index (χ3v) is 3.46. The maximum absolute atomic E-state index is 12.0. The number of amides is 1. The van der Waals surface area contributed by atoms with Crippen LogP contribution in [0.1, 0.15) is 33.6 Å². The quantitative estimate of drug-likeness (QED) is 0.764. The van der Waals surface area contributed by atoms with E-state index in [4.69, 9.17) is 10.5 Å². The molecule has 0 radical (unpaired) electrons. The SMILES string of the molecule is CCCC(C)(N)C(=O)NCC(C)Oc1cccc(Br)c1.Cl. The number of nitrogens with one attached hydrogen (secondary N) is 1. The molecule has 3 N–H and O–H groups in total. The van der Waals surface area contributed by atoms with Gasteiger partial charge in [0, 0.05) is 4.47 Å². The van der Waals surface area contributed by atoms with E-state index in [-0.39, 0.29) is 24.4 Å². The van der Waals surface area contributed by atoms with Gasteiger partial charge >= 0.3 is 0 Å². The first-order valence-electron chi connectivity index (χ1n) is 6.84. The molecule has 1 aromatic rings. The van der Waals surface area contributed by atoms with Crippen molar-refractivity contribution < 1.29 is 9.53 Å². The normalized spacial score (nSPS) is 14.5. The maximum Gasteiger partial charge on any atom is 0.239 e. The molecule has 0 spiro atoms. The van der Waals surface area contributed by atoms with E-state index in [2.05, 4.69) is 21.2 Å². The third kappa shape index (κ3) is 7.16. The van der Waals surface area contributed by atoms with E-state index < -0.39 is 5.54 Å². The molecular weight excluding hydrogens is 356 g/mol. The van der Waals surface area contributed by atoms with Gasteiger partial charge in [0.15, 0.2) is 0 Å². The summed E-state index contributed by atoms with van der Waals surface area (Å²) >= 11 is 3.39. The molecule has 120 valence electrons. The molecule has 2 unspecified atom stereocenters. The molecule has 6 heteroatoms. The van der Waals surface area contributed by atoms with Crippen molar-refractivity contribution >= 4 is 34.2 Å². The summed E-state index contributed by atoms with van der Waals surface area (Å²) in [7, 11) is 0. The smallest absolute Gasteiger partial charge is 0.239 e. The summed E-state index contributed by atoms with van der Waals surface area (Å²) < 4.78 is 6.69. The second-order valence-electron chi connectivity index (χ2n) is 5.26. The summed E-state index contributed by atoms with van der Waals surface area (Å²) in [6.45, 7) is 6.11. The van der Waals surface area contributed by atoms with Gasteiger partial charge in [-0.1, -0.05) is 35.3 Å². The number of hydrogen-bond donors (Lipinski definition) is 2. The van der Waals surface area contributed by atoms with Gasteiger partial charge in [0.1, 0.15) is 11.9 Å². The van der Waals surface area contributed by atoms with Crippen LogP contribution in [0.5, 0.6) is 5.75 Å². The Morgan fingerprint density at radius 3 is 2.76 bits per heavy atom. The Morgan fingerprint density at radius 1 is 1.52 bits per heavy atom. The van der Waals surface area contributed by atoms with Gasteiger partial charge in [-0.05, 0) is 38.5 Å². The van der Waals surface area contributed by atoms with Crippen LogP contribution < -0.4 is 15.8 Å². The van der Waals surface area contributed by atoms with Crippen LogP contribution in [0, 0.1) is 0 Å². The van der Waals surface area contributed by atoms with Crippen LogP contribution in [-0.4, -0.2) is 24.1 Å². The average molecular weight is 380 g/mol. The van der Waals surface area contributed by atoms with Gasteiger partial charge in [0.05, 0.1) is 12.1 Å². The number of carbonyl (C=O) groups excluding carboxylic acids is 1. The van der Waals surface area contributed by atoms with Gasteiger partial charge in [-0.2, -0.15) is 0 Å². The first kappa shape index (κ1) is 20.2. The van der Waals surface area contributed by atoms with Crippen molar-refractivity contribution in [3.05, 3.63) is 28.7 Å². The van der Waals surface area contributed by atoms with Crippen LogP contribution in [-0.2, 0) is 4.79 Å². The highest BCUT2D eigenvalue weighted by Crippen LogP contribution is 2.18. The topological polar surface area (TPSA) is 64.4 Å². The molecule has 0 fully saturated rings. The Balaban J connectivity index is 0.00000400. The van der Waals surface area contributed by atoms with Gasteiger partial charge in [-0.25, -0.2) is 0 Å². The Bertz CT molecular complexity index is 455. The number of halogens is 2. The zero-order chi connectivity index (χ0) is 15.2. The number of ether oxygens (including phenoxy) is 1. The largest absolute Gasteiger partial charge is 0.489 e. The van der Waals surface area contributed by atoms with Gasteiger partial charge in [0.2, 0.25) is 5.91 Å². The first-order chi connectivity index (χ1) is 9.35. The summed E-state index contributed by atoms with van der Waals surface area (Å²) in [6, 6.07) is 7.61. The average Bonchev–Trinajstić information content (AvgIpc) is 2.35. The Kier molecular flexibility index (Phi) is 8.94. The van der Waals surface area contributed by atoms with Crippen LogP contribution in [0.15, 0.2) is 28.7 Å². The maximum atomic E-state index is 12.0. The summed E-state index contributed by atoms with van der Waals surface area (Å²) in [5.41, 5.74) is 5.16. The highest BCUT2D eigenvalue weighted by atomic mass is 79.9. The predicted octanol–water partition coefficient (Wildman–Crippen LogP) is 3.27. The molecule has 0 aromatic heterocycles. The van der Waals surface area contributed by atoms with Crippen LogP contribution in [0.4, 0.5) is 0 Å². The van der Waals surface area contributed by atoms with Gasteiger partial charge in [-0.3, -0.25) is 4.79 Å². The van der Waals surface area contributed by atoms with Gasteiger partial charge in [-0.15, -0.1) is 12.4 Å². The van der Waals surface area contributed by atoms with Gasteiger partial charge in [0.25, 0.3) is 0 Å². The molecule has 0 saturated heterocycles. The lowest BCUT2D eigenvalue weighted by atomic mass is 9.96. The summed E-state index contributed by atoms with van der Waals surface area (Å²) in [5, 5.41) is 2.84. The van der Waals surface area contributed by atoms with E-state index in [1.807, 2.05) is 38.1 Å². The predicted molar refractivity (Wildman–Crippen MR) is 92.0 cm³/mol. The zero-order valence-corrected chi connectivity index (χ0v) is 15.1. The fourth-order valence-electron chi connectivity index (χ4n) is 1.89. The fraction of sp³-hybridized carbons (Fsp3) is 0.533. The number of nitrogens with two attached hydrogens (primary N) is 1. The molecule has 21 heavy (non-hydrogen) atoms. The first-order valence-corrected chi connectivity index (χ1v) is 7.64. The molecule has 1 amide bonds. The molecule has 0 aliphatic rings. The summed E-state index contributed by atoms with van der Waals surface area (Å²) in [4.78, 5) is 12.0.